The van der Waals surface area contributed by atoms with Crippen molar-refractivity contribution in [1.82, 2.24) is 4.90 Å². The summed E-state index contributed by atoms with van der Waals surface area (Å²) in [6, 6.07) is 15.0. The van der Waals surface area contributed by atoms with Crippen molar-refractivity contribution >= 4 is 28.4 Å². The van der Waals surface area contributed by atoms with Gasteiger partial charge in [0.25, 0.3) is 0 Å². The third-order valence-corrected chi connectivity index (χ3v) is 6.33. The Hall–Kier alpha value is -1.52. The zero-order valence-corrected chi connectivity index (χ0v) is 14.0. The second-order valence-electron chi connectivity index (χ2n) is 6.76. The average Bonchev–Trinajstić information content (AvgIpc) is 3.15. The summed E-state index contributed by atoms with van der Waals surface area (Å²) in [5.41, 5.74) is 6.16. The van der Waals surface area contributed by atoms with E-state index < -0.39 is 0 Å². The summed E-state index contributed by atoms with van der Waals surface area (Å²) < 4.78 is 0. The predicted octanol–water partition coefficient (Wildman–Crippen LogP) is 3.13. The van der Waals surface area contributed by atoms with Crippen molar-refractivity contribution in [3.8, 4) is 0 Å². The molecule has 3 nitrogen and oxygen atoms in total. The molecular formula is C19H22N2OS. The molecule has 3 atom stereocenters. The van der Waals surface area contributed by atoms with Gasteiger partial charge in [0.15, 0.2) is 0 Å². The molecule has 0 spiro atoms. The minimum atomic E-state index is 0.254. The Morgan fingerprint density at radius 2 is 1.96 bits per heavy atom. The van der Waals surface area contributed by atoms with Gasteiger partial charge in [-0.05, 0) is 47.6 Å². The summed E-state index contributed by atoms with van der Waals surface area (Å²) in [6.07, 6.45) is 2.32. The zero-order chi connectivity index (χ0) is 15.8. The van der Waals surface area contributed by atoms with E-state index in [0.717, 1.165) is 24.4 Å². The lowest BCUT2D eigenvalue weighted by atomic mass is 9.98. The van der Waals surface area contributed by atoms with E-state index in [0.29, 0.717) is 23.6 Å². The number of nitrogens with two attached hydrogens (primary N) is 1. The van der Waals surface area contributed by atoms with Gasteiger partial charge in [0.2, 0.25) is 5.91 Å². The van der Waals surface area contributed by atoms with Gasteiger partial charge in [0.05, 0.1) is 5.75 Å². The first-order chi connectivity index (χ1) is 11.2. The fourth-order valence-electron chi connectivity index (χ4n) is 4.00. The minimum Gasteiger partial charge on any atom is -0.341 e. The molecule has 2 fully saturated rings. The number of fused-ring (bicyclic) bond motifs is 2. The molecule has 0 aromatic heterocycles. The summed E-state index contributed by atoms with van der Waals surface area (Å²) in [7, 11) is 0. The maximum atomic E-state index is 12.5. The molecule has 1 saturated carbocycles. The van der Waals surface area contributed by atoms with Gasteiger partial charge in [-0.3, -0.25) is 4.79 Å². The molecule has 2 aliphatic rings. The quantitative estimate of drug-likeness (QED) is 0.882. The lowest BCUT2D eigenvalue weighted by Gasteiger charge is -2.18. The summed E-state index contributed by atoms with van der Waals surface area (Å²) in [4.78, 5) is 15.7. The normalized spacial score (nSPS) is 26.7. The standard InChI is InChI=1S/C19H22N2OS/c20-18-8-6-15-10-21(11-17(15)18)19(22)12-23-16-7-5-13-3-1-2-4-14(13)9-16/h1-5,7,9,15,17-18H,6,8,10-12,20H2. The molecule has 3 unspecified atom stereocenters. The lowest BCUT2D eigenvalue weighted by molar-refractivity contribution is -0.127. The molecule has 1 saturated heterocycles. The number of carbonyl (C=O) groups is 1. The van der Waals surface area contributed by atoms with E-state index in [1.54, 1.807) is 11.8 Å². The first kappa shape index (κ1) is 15.0. The van der Waals surface area contributed by atoms with Crippen LogP contribution in [0.25, 0.3) is 10.8 Å². The molecule has 4 heteroatoms. The van der Waals surface area contributed by atoms with E-state index in [2.05, 4.69) is 30.3 Å². The lowest BCUT2D eigenvalue weighted by Crippen LogP contribution is -2.34. The van der Waals surface area contributed by atoms with Crippen molar-refractivity contribution < 1.29 is 4.79 Å². The molecule has 2 aromatic rings. The van der Waals surface area contributed by atoms with Gasteiger partial charge in [-0.15, -0.1) is 11.8 Å². The number of nitrogens with zero attached hydrogens (tertiary/aromatic N) is 1. The highest BCUT2D eigenvalue weighted by atomic mass is 32.2. The van der Waals surface area contributed by atoms with Crippen LogP contribution in [0.15, 0.2) is 47.4 Å². The molecule has 120 valence electrons. The second kappa shape index (κ2) is 6.17. The van der Waals surface area contributed by atoms with Crippen molar-refractivity contribution in [3.63, 3.8) is 0 Å². The maximum absolute atomic E-state index is 12.5. The first-order valence-electron chi connectivity index (χ1n) is 8.35. The smallest absolute Gasteiger partial charge is 0.232 e. The molecule has 1 aliphatic carbocycles. The van der Waals surface area contributed by atoms with Crippen LogP contribution in [0, 0.1) is 11.8 Å². The van der Waals surface area contributed by atoms with E-state index in [1.807, 2.05) is 17.0 Å². The molecule has 1 amide bonds. The number of hydrogen-bond donors (Lipinski definition) is 1. The predicted molar refractivity (Wildman–Crippen MR) is 95.4 cm³/mol. The Morgan fingerprint density at radius 1 is 1.13 bits per heavy atom. The summed E-state index contributed by atoms with van der Waals surface area (Å²) in [6.45, 7) is 1.78. The third-order valence-electron chi connectivity index (χ3n) is 5.35. The number of hydrogen-bond acceptors (Lipinski definition) is 3. The van der Waals surface area contributed by atoms with Crippen LogP contribution in [-0.4, -0.2) is 35.7 Å². The van der Waals surface area contributed by atoms with Crippen LogP contribution in [0.5, 0.6) is 0 Å². The number of carbonyl (C=O) groups excluding carboxylic acids is 1. The van der Waals surface area contributed by atoms with E-state index in [-0.39, 0.29) is 5.91 Å². The van der Waals surface area contributed by atoms with E-state index >= 15 is 0 Å². The highest BCUT2D eigenvalue weighted by Gasteiger charge is 2.42. The Balaban J connectivity index is 1.37. The summed E-state index contributed by atoms with van der Waals surface area (Å²) in [5.74, 6) is 1.95. The highest BCUT2D eigenvalue weighted by Crippen LogP contribution is 2.37. The molecule has 23 heavy (non-hydrogen) atoms. The third kappa shape index (κ3) is 2.98. The molecule has 0 bridgehead atoms. The van der Waals surface area contributed by atoms with E-state index in [4.69, 9.17) is 5.73 Å². The summed E-state index contributed by atoms with van der Waals surface area (Å²) >= 11 is 1.64. The molecule has 2 aromatic carbocycles. The molecule has 1 heterocycles. The average molecular weight is 326 g/mol. The van der Waals surface area contributed by atoms with E-state index in [9.17, 15) is 4.79 Å². The van der Waals surface area contributed by atoms with Gasteiger partial charge in [0, 0.05) is 24.0 Å². The number of thioether (sulfide) groups is 1. The van der Waals surface area contributed by atoms with E-state index in [1.165, 1.54) is 17.2 Å². The van der Waals surface area contributed by atoms with Crippen LogP contribution in [0.4, 0.5) is 0 Å². The summed E-state index contributed by atoms with van der Waals surface area (Å²) in [5, 5.41) is 2.47. The Labute approximate surface area is 141 Å². The number of likely N-dealkylation sites (tertiary alicyclic amines) is 1. The van der Waals surface area contributed by atoms with Crippen molar-refractivity contribution in [3.05, 3.63) is 42.5 Å². The van der Waals surface area contributed by atoms with Crippen molar-refractivity contribution in [1.29, 1.82) is 0 Å². The number of amides is 1. The van der Waals surface area contributed by atoms with Gasteiger partial charge in [-0.1, -0.05) is 30.3 Å². The second-order valence-corrected chi connectivity index (χ2v) is 7.81. The van der Waals surface area contributed by atoms with Crippen LogP contribution in [-0.2, 0) is 4.79 Å². The fraction of sp³-hybridized carbons (Fsp3) is 0.421. The molecule has 2 N–H and O–H groups in total. The van der Waals surface area contributed by atoms with Gasteiger partial charge in [0.1, 0.15) is 0 Å². The highest BCUT2D eigenvalue weighted by molar-refractivity contribution is 8.00. The van der Waals surface area contributed by atoms with Crippen LogP contribution in [0.2, 0.25) is 0 Å². The maximum Gasteiger partial charge on any atom is 0.232 e. The SMILES string of the molecule is NC1CCC2CN(C(=O)CSc3ccc4ccccc4c3)CC12. The number of benzene rings is 2. The Morgan fingerprint density at radius 3 is 2.78 bits per heavy atom. The van der Waals surface area contributed by atoms with Crippen LogP contribution < -0.4 is 5.73 Å². The molecular weight excluding hydrogens is 304 g/mol. The van der Waals surface area contributed by atoms with Gasteiger partial charge in [-0.2, -0.15) is 0 Å². The first-order valence-corrected chi connectivity index (χ1v) is 9.34. The minimum absolute atomic E-state index is 0.254. The Bertz CT molecular complexity index is 732. The van der Waals surface area contributed by atoms with Crippen LogP contribution in [0.3, 0.4) is 0 Å². The molecule has 4 rings (SSSR count). The van der Waals surface area contributed by atoms with Crippen LogP contribution in [0.1, 0.15) is 12.8 Å². The monoisotopic (exact) mass is 326 g/mol. The van der Waals surface area contributed by atoms with Crippen molar-refractivity contribution in [2.24, 2.45) is 17.6 Å². The topological polar surface area (TPSA) is 46.3 Å². The fourth-order valence-corrected chi connectivity index (χ4v) is 4.85. The molecule has 1 aliphatic heterocycles. The van der Waals surface area contributed by atoms with Gasteiger partial charge < -0.3 is 10.6 Å². The van der Waals surface area contributed by atoms with Gasteiger partial charge in [-0.25, -0.2) is 0 Å². The molecule has 0 radical (unpaired) electrons. The van der Waals surface area contributed by atoms with Crippen LogP contribution >= 0.6 is 11.8 Å². The van der Waals surface area contributed by atoms with Crippen molar-refractivity contribution in [2.75, 3.05) is 18.8 Å². The number of rotatable bonds is 3. The van der Waals surface area contributed by atoms with Crippen molar-refractivity contribution in [2.45, 2.75) is 23.8 Å². The largest absolute Gasteiger partial charge is 0.341 e. The van der Waals surface area contributed by atoms with Gasteiger partial charge >= 0.3 is 0 Å². The zero-order valence-electron chi connectivity index (χ0n) is 13.2. The Kier molecular flexibility index (Phi) is 4.04.